The van der Waals surface area contributed by atoms with E-state index in [2.05, 4.69) is 53.5 Å². The molecular weight excluding hydrogens is 800 g/mol. The number of rotatable bonds is 9. The topological polar surface area (TPSA) is 133 Å². The van der Waals surface area contributed by atoms with Crippen LogP contribution in [0.4, 0.5) is 0 Å². The molecule has 323 valence electrons. The van der Waals surface area contributed by atoms with E-state index in [1.165, 1.54) is 38.5 Å². The fourth-order valence-electron chi connectivity index (χ4n) is 5.54. The minimum absolute atomic E-state index is 0. The van der Waals surface area contributed by atoms with Gasteiger partial charge in [-0.25, -0.2) is 9.97 Å². The van der Waals surface area contributed by atoms with Crippen molar-refractivity contribution in [1.82, 2.24) is 39.9 Å². The molecule has 0 saturated heterocycles. The van der Waals surface area contributed by atoms with Gasteiger partial charge in [-0.05, 0) is 47.6 Å². The number of ether oxygens (including phenoxy) is 3. The molecule has 3 aromatic heterocycles. The van der Waals surface area contributed by atoms with Crippen molar-refractivity contribution >= 4 is 33.4 Å². The second-order valence-electron chi connectivity index (χ2n) is 15.6. The summed E-state index contributed by atoms with van der Waals surface area (Å²) in [5.74, 6) is 2.23. The van der Waals surface area contributed by atoms with Gasteiger partial charge in [0.15, 0.2) is 0 Å². The first kappa shape index (κ1) is 49.5. The fourth-order valence-corrected chi connectivity index (χ4v) is 5.54. The number of hydrogen-bond acceptors (Lipinski definition) is 9. The standard InChI is InChI=1S/C28H14N8.3C5H12O.C5H12.Cu/c1-3-9-17-15(7-1)23-30-21-13-14-22(29-21)31-24-16-8-2-4-10-18(16)26(33-24)35-28-20-12-6-5-11-19(20)27(36-28)34-25(17)32-23;3*1-3-4-5-6-2;1-5(2,3)4;/h1-14H;3*3-5H2,1-2H3;1-4H3;/q-2;;;;;+2. The van der Waals surface area contributed by atoms with E-state index in [4.69, 9.17) is 49.1 Å². The summed E-state index contributed by atoms with van der Waals surface area (Å²) in [4.78, 5) is 38.2. The summed E-state index contributed by atoms with van der Waals surface area (Å²) in [5, 5.41) is 1.79. The molecule has 0 amide bonds. The zero-order valence-electron chi connectivity index (χ0n) is 37.1. The Morgan fingerprint density at radius 3 is 1.02 bits per heavy atom. The molecule has 0 saturated carbocycles. The maximum absolute atomic E-state index is 4.89. The van der Waals surface area contributed by atoms with Crippen molar-refractivity contribution < 1.29 is 31.3 Å². The largest absolute Gasteiger partial charge is 2.00 e. The number of aromatic nitrogens is 8. The summed E-state index contributed by atoms with van der Waals surface area (Å²) < 4.78 is 14.3. The molecule has 2 aliphatic rings. The van der Waals surface area contributed by atoms with Crippen LogP contribution in [0.2, 0.25) is 0 Å². The van der Waals surface area contributed by atoms with Crippen molar-refractivity contribution in [3.05, 3.63) is 84.9 Å². The van der Waals surface area contributed by atoms with Gasteiger partial charge in [-0.15, -0.1) is 0 Å². The van der Waals surface area contributed by atoms with Gasteiger partial charge in [-0.1, -0.05) is 141 Å². The molecule has 8 rings (SSSR count). The molecule has 0 fully saturated rings. The molecule has 0 atom stereocenters. The van der Waals surface area contributed by atoms with E-state index >= 15 is 0 Å². The molecule has 60 heavy (non-hydrogen) atoms. The SMILES string of the molecule is CC(C)(C)C.CCCCOC.CCCCOC.CCCCOC.[Cu+2].c1ccc2c(c1)-c1nc-2nc2[n-]c(nc3nc(nc4ccc(n1)[n-]4)-c1ccccc1-3)c1ccccc21. The number of benzene rings is 3. The van der Waals surface area contributed by atoms with E-state index in [0.29, 0.717) is 51.3 Å². The summed E-state index contributed by atoms with van der Waals surface area (Å²) in [6.45, 7) is 17.9. The van der Waals surface area contributed by atoms with Gasteiger partial charge >= 0.3 is 17.1 Å². The molecule has 0 N–H and O–H groups in total. The number of hydrogen-bond donors (Lipinski definition) is 0. The molecule has 1 radical (unpaired) electrons. The minimum atomic E-state index is 0. The van der Waals surface area contributed by atoms with E-state index in [1.54, 1.807) is 21.3 Å². The van der Waals surface area contributed by atoms with Crippen molar-refractivity contribution in [3.63, 3.8) is 0 Å². The van der Waals surface area contributed by atoms with Crippen molar-refractivity contribution in [2.24, 2.45) is 5.41 Å². The molecule has 3 aromatic carbocycles. The second kappa shape index (κ2) is 25.7. The van der Waals surface area contributed by atoms with Crippen molar-refractivity contribution in [1.29, 1.82) is 0 Å². The third kappa shape index (κ3) is 15.0. The van der Waals surface area contributed by atoms with Gasteiger partial charge in [0.25, 0.3) is 0 Å². The summed E-state index contributed by atoms with van der Waals surface area (Å²) in [6, 6.07) is 27.4. The molecule has 8 bridgehead atoms. The Morgan fingerprint density at radius 2 is 0.733 bits per heavy atom. The first-order valence-electron chi connectivity index (χ1n) is 20.7. The van der Waals surface area contributed by atoms with Gasteiger partial charge < -0.3 is 44.1 Å². The summed E-state index contributed by atoms with van der Waals surface area (Å²) in [7, 11) is 5.20. The Kier molecular flexibility index (Phi) is 21.2. The van der Waals surface area contributed by atoms with Crippen LogP contribution in [0.3, 0.4) is 0 Å². The zero-order chi connectivity index (χ0) is 42.6. The van der Waals surface area contributed by atoms with Crippen LogP contribution in [0.5, 0.6) is 0 Å². The average Bonchev–Trinajstić information content (AvgIpc) is 4.00. The Balaban J connectivity index is 0.000000332. The zero-order valence-corrected chi connectivity index (χ0v) is 38.0. The van der Waals surface area contributed by atoms with Crippen LogP contribution in [0.25, 0.3) is 78.9 Å². The number of fused-ring (bicyclic) bond motifs is 17. The molecule has 0 unspecified atom stereocenters. The van der Waals surface area contributed by atoms with Gasteiger partial charge in [0.05, 0.1) is 23.3 Å². The Hall–Kier alpha value is -4.84. The van der Waals surface area contributed by atoms with Crippen LogP contribution in [-0.2, 0) is 31.3 Å². The normalized spacial score (nSPS) is 10.8. The monoisotopic (exact) mass is 861 g/mol. The predicted octanol–water partition coefficient (Wildman–Crippen LogP) is 11.3. The smallest absolute Gasteiger partial charge is 0.385 e. The molecular formula is C48H62CuN8O3. The number of unbranched alkanes of at least 4 members (excludes halogenated alkanes) is 3. The first-order valence-corrected chi connectivity index (χ1v) is 20.7. The van der Waals surface area contributed by atoms with E-state index in [9.17, 15) is 0 Å². The Bertz CT molecular complexity index is 2170. The van der Waals surface area contributed by atoms with Crippen LogP contribution in [0.1, 0.15) is 87.0 Å². The number of nitrogens with zero attached hydrogens (tertiary/aromatic N) is 8. The fraction of sp³-hybridized carbons (Fsp3) is 0.417. The predicted molar refractivity (Wildman–Crippen MR) is 242 cm³/mol. The molecule has 0 aliphatic carbocycles. The van der Waals surface area contributed by atoms with Crippen molar-refractivity contribution in [2.45, 2.75) is 87.0 Å². The molecule has 6 aromatic rings. The van der Waals surface area contributed by atoms with E-state index in [1.807, 2.05) is 84.9 Å². The van der Waals surface area contributed by atoms with Crippen LogP contribution < -0.4 is 9.97 Å². The van der Waals surface area contributed by atoms with Crippen LogP contribution in [0.15, 0.2) is 84.9 Å². The molecule has 0 spiro atoms. The third-order valence-corrected chi connectivity index (χ3v) is 8.44. The maximum Gasteiger partial charge on any atom is 2.00 e. The van der Waals surface area contributed by atoms with Crippen LogP contribution >= 0.6 is 0 Å². The summed E-state index contributed by atoms with van der Waals surface area (Å²) in [6.07, 6.45) is 7.26. The van der Waals surface area contributed by atoms with Gasteiger partial charge in [-0.2, -0.15) is 0 Å². The summed E-state index contributed by atoms with van der Waals surface area (Å²) in [5.41, 5.74) is 6.25. The average molecular weight is 863 g/mol. The van der Waals surface area contributed by atoms with Crippen molar-refractivity contribution in [3.8, 4) is 45.6 Å². The Morgan fingerprint density at radius 1 is 0.433 bits per heavy atom. The van der Waals surface area contributed by atoms with Crippen molar-refractivity contribution in [2.75, 3.05) is 41.2 Å². The quantitative estimate of drug-likeness (QED) is 0.101. The van der Waals surface area contributed by atoms with Gasteiger partial charge in [0.1, 0.15) is 0 Å². The van der Waals surface area contributed by atoms with E-state index < -0.39 is 0 Å². The molecule has 2 aliphatic heterocycles. The first-order chi connectivity index (χ1) is 28.5. The van der Waals surface area contributed by atoms with Crippen LogP contribution in [-0.4, -0.2) is 71.1 Å². The Labute approximate surface area is 367 Å². The van der Waals surface area contributed by atoms with Gasteiger partial charge in [0.2, 0.25) is 0 Å². The minimum Gasteiger partial charge on any atom is -0.385 e. The van der Waals surface area contributed by atoms with E-state index in [-0.39, 0.29) is 17.1 Å². The molecule has 5 heterocycles. The summed E-state index contributed by atoms with van der Waals surface area (Å²) >= 11 is 0. The van der Waals surface area contributed by atoms with Crippen LogP contribution in [0, 0.1) is 5.41 Å². The molecule has 11 nitrogen and oxygen atoms in total. The van der Waals surface area contributed by atoms with Gasteiger partial charge in [-0.3, -0.25) is 0 Å². The maximum atomic E-state index is 4.89. The van der Waals surface area contributed by atoms with E-state index in [0.717, 1.165) is 52.8 Å². The number of methoxy groups -OCH3 is 3. The molecule has 12 heteroatoms. The third-order valence-electron chi connectivity index (χ3n) is 8.44. The second-order valence-corrected chi connectivity index (χ2v) is 15.6. The van der Waals surface area contributed by atoms with Gasteiger partial charge in [0, 0.05) is 86.0 Å².